The first kappa shape index (κ1) is 16.7. The smallest absolute Gasteiger partial charge is 0.251 e. The number of amides is 1. The van der Waals surface area contributed by atoms with Crippen LogP contribution >= 0.6 is 0 Å². The molecule has 26 heavy (non-hydrogen) atoms. The first-order valence-corrected chi connectivity index (χ1v) is 8.86. The number of aryl methyl sites for hydroxylation is 1. The maximum absolute atomic E-state index is 12.6. The molecular formula is C19H22N6O. The minimum Gasteiger partial charge on any atom is -0.348 e. The van der Waals surface area contributed by atoms with Crippen molar-refractivity contribution in [1.82, 2.24) is 30.2 Å². The number of fused-ring (bicyclic) bond motifs is 1. The molecule has 2 N–H and O–H groups in total. The average Bonchev–Trinajstić information content (AvgIpc) is 3.28. The highest BCUT2D eigenvalue weighted by molar-refractivity contribution is 5.97. The van der Waals surface area contributed by atoms with Crippen LogP contribution < -0.4 is 5.32 Å². The summed E-state index contributed by atoms with van der Waals surface area (Å²) in [5.41, 5.74) is 4.31. The fourth-order valence-electron chi connectivity index (χ4n) is 3.55. The molecule has 0 bridgehead atoms. The molecule has 0 spiro atoms. The quantitative estimate of drug-likeness (QED) is 0.754. The van der Waals surface area contributed by atoms with E-state index in [0.717, 1.165) is 41.1 Å². The summed E-state index contributed by atoms with van der Waals surface area (Å²) in [6, 6.07) is 5.74. The highest BCUT2D eigenvalue weighted by Gasteiger charge is 2.26. The number of hydrogen-bond acceptors (Lipinski definition) is 5. The third-order valence-corrected chi connectivity index (χ3v) is 4.98. The minimum atomic E-state index is -0.118. The molecule has 1 fully saturated rings. The minimum absolute atomic E-state index is 0.118. The number of rotatable bonds is 4. The van der Waals surface area contributed by atoms with Crippen LogP contribution in [0.5, 0.6) is 0 Å². The van der Waals surface area contributed by atoms with Crippen molar-refractivity contribution in [3.8, 4) is 0 Å². The van der Waals surface area contributed by atoms with Crippen LogP contribution in [0.4, 0.5) is 0 Å². The lowest BCUT2D eigenvalue weighted by atomic mass is 10.1. The number of aromatic amines is 1. The molecule has 1 aliphatic heterocycles. The SMILES string of the molecule is Cc1ncc(CNC(=O)c2ccc3nc[nH]c3c2)c([C@@H]2CCCN2C)n1. The van der Waals surface area contributed by atoms with Gasteiger partial charge >= 0.3 is 0 Å². The number of hydrogen-bond donors (Lipinski definition) is 2. The van der Waals surface area contributed by atoms with Crippen molar-refractivity contribution in [2.45, 2.75) is 32.4 Å². The van der Waals surface area contributed by atoms with Gasteiger partial charge in [-0.1, -0.05) is 0 Å². The van der Waals surface area contributed by atoms with Crippen LogP contribution in [-0.2, 0) is 6.54 Å². The van der Waals surface area contributed by atoms with Gasteiger partial charge in [0.25, 0.3) is 5.91 Å². The Morgan fingerprint density at radius 2 is 2.27 bits per heavy atom. The molecule has 3 heterocycles. The Morgan fingerprint density at radius 1 is 1.38 bits per heavy atom. The van der Waals surface area contributed by atoms with E-state index in [1.165, 1.54) is 6.42 Å². The van der Waals surface area contributed by atoms with Gasteiger partial charge in [-0.3, -0.25) is 9.69 Å². The summed E-state index contributed by atoms with van der Waals surface area (Å²) < 4.78 is 0. The molecule has 1 atom stereocenters. The predicted octanol–water partition coefficient (Wildman–Crippen LogP) is 2.36. The van der Waals surface area contributed by atoms with E-state index in [2.05, 4.69) is 37.2 Å². The van der Waals surface area contributed by atoms with E-state index in [9.17, 15) is 4.79 Å². The zero-order chi connectivity index (χ0) is 18.1. The maximum Gasteiger partial charge on any atom is 0.251 e. The van der Waals surface area contributed by atoms with Crippen LogP contribution in [0, 0.1) is 6.92 Å². The summed E-state index contributed by atoms with van der Waals surface area (Å²) in [4.78, 5) is 31.1. The number of nitrogens with zero attached hydrogens (tertiary/aromatic N) is 4. The lowest BCUT2D eigenvalue weighted by molar-refractivity contribution is 0.0950. The normalized spacial score (nSPS) is 17.7. The van der Waals surface area contributed by atoms with Crippen LogP contribution in [0.15, 0.2) is 30.7 Å². The van der Waals surface area contributed by atoms with Crippen LogP contribution in [0.1, 0.15) is 46.3 Å². The van der Waals surface area contributed by atoms with Gasteiger partial charge in [0, 0.05) is 23.9 Å². The molecule has 7 nitrogen and oxygen atoms in total. The predicted molar refractivity (Wildman–Crippen MR) is 98.6 cm³/mol. The summed E-state index contributed by atoms with van der Waals surface area (Å²) >= 11 is 0. The lowest BCUT2D eigenvalue weighted by Gasteiger charge is -2.21. The number of nitrogens with one attached hydrogen (secondary N) is 2. The third-order valence-electron chi connectivity index (χ3n) is 4.98. The Balaban J connectivity index is 1.52. The maximum atomic E-state index is 12.6. The Hall–Kier alpha value is -2.80. The largest absolute Gasteiger partial charge is 0.348 e. The van der Waals surface area contributed by atoms with E-state index in [4.69, 9.17) is 0 Å². The van der Waals surface area contributed by atoms with Crippen molar-refractivity contribution in [2.24, 2.45) is 0 Å². The first-order valence-electron chi connectivity index (χ1n) is 8.86. The Kier molecular flexibility index (Phi) is 4.38. The van der Waals surface area contributed by atoms with E-state index >= 15 is 0 Å². The molecule has 3 aromatic rings. The number of carbonyl (C=O) groups excluding carboxylic acids is 1. The van der Waals surface area contributed by atoms with Gasteiger partial charge in [-0.25, -0.2) is 15.0 Å². The molecule has 1 saturated heterocycles. The Labute approximate surface area is 151 Å². The second-order valence-corrected chi connectivity index (χ2v) is 6.78. The zero-order valence-electron chi connectivity index (χ0n) is 15.0. The molecule has 0 aliphatic carbocycles. The number of H-pyrrole nitrogens is 1. The lowest BCUT2D eigenvalue weighted by Crippen LogP contribution is -2.26. The molecule has 0 saturated carbocycles. The van der Waals surface area contributed by atoms with Crippen molar-refractivity contribution < 1.29 is 4.79 Å². The Morgan fingerprint density at radius 3 is 3.08 bits per heavy atom. The molecule has 0 radical (unpaired) electrons. The van der Waals surface area contributed by atoms with Gasteiger partial charge in [0.15, 0.2) is 0 Å². The van der Waals surface area contributed by atoms with Crippen LogP contribution in [0.25, 0.3) is 11.0 Å². The van der Waals surface area contributed by atoms with Gasteiger partial charge < -0.3 is 10.3 Å². The van der Waals surface area contributed by atoms with Gasteiger partial charge in [0.2, 0.25) is 0 Å². The van der Waals surface area contributed by atoms with E-state index in [0.29, 0.717) is 18.2 Å². The number of imidazole rings is 1. The van der Waals surface area contributed by atoms with E-state index in [-0.39, 0.29) is 5.91 Å². The monoisotopic (exact) mass is 350 g/mol. The topological polar surface area (TPSA) is 86.8 Å². The van der Waals surface area contributed by atoms with E-state index in [1.807, 2.05) is 25.3 Å². The van der Waals surface area contributed by atoms with Gasteiger partial charge in [-0.05, 0) is 51.6 Å². The third kappa shape index (κ3) is 3.17. The summed E-state index contributed by atoms with van der Waals surface area (Å²) in [7, 11) is 2.12. The molecule has 0 unspecified atom stereocenters. The molecule has 7 heteroatoms. The Bertz CT molecular complexity index is 950. The van der Waals surface area contributed by atoms with Gasteiger partial charge in [-0.15, -0.1) is 0 Å². The molecule has 1 aromatic carbocycles. The summed E-state index contributed by atoms with van der Waals surface area (Å²) in [6.07, 6.45) is 5.72. The molecular weight excluding hydrogens is 328 g/mol. The number of likely N-dealkylation sites (tertiary alicyclic amines) is 1. The fourth-order valence-corrected chi connectivity index (χ4v) is 3.55. The summed E-state index contributed by atoms with van der Waals surface area (Å²) in [6.45, 7) is 3.39. The number of aromatic nitrogens is 4. The molecule has 134 valence electrons. The van der Waals surface area contributed by atoms with Gasteiger partial charge in [0.05, 0.1) is 29.1 Å². The van der Waals surface area contributed by atoms with Crippen molar-refractivity contribution in [2.75, 3.05) is 13.6 Å². The second kappa shape index (κ2) is 6.84. The van der Waals surface area contributed by atoms with E-state index in [1.54, 1.807) is 12.4 Å². The standard InChI is InChI=1S/C19H22N6O/c1-12-20-9-14(18(24-12)17-4-3-7-25(17)2)10-21-19(26)13-5-6-15-16(8-13)23-11-22-15/h5-6,8-9,11,17H,3-4,7,10H2,1-2H3,(H,21,26)(H,22,23)/t17-/m0/s1. The summed E-state index contributed by atoms with van der Waals surface area (Å²) in [5, 5.41) is 3.00. The van der Waals surface area contributed by atoms with E-state index < -0.39 is 0 Å². The van der Waals surface area contributed by atoms with Gasteiger partial charge in [-0.2, -0.15) is 0 Å². The van der Waals surface area contributed by atoms with Crippen LogP contribution in [0.2, 0.25) is 0 Å². The number of benzene rings is 1. The number of carbonyl (C=O) groups is 1. The van der Waals surface area contributed by atoms with Gasteiger partial charge in [0.1, 0.15) is 5.82 Å². The highest BCUT2D eigenvalue weighted by atomic mass is 16.1. The fraction of sp³-hybridized carbons (Fsp3) is 0.368. The average molecular weight is 350 g/mol. The van der Waals surface area contributed by atoms with Crippen LogP contribution in [-0.4, -0.2) is 44.3 Å². The van der Waals surface area contributed by atoms with Crippen molar-refractivity contribution in [3.63, 3.8) is 0 Å². The van der Waals surface area contributed by atoms with Crippen LogP contribution in [0.3, 0.4) is 0 Å². The highest BCUT2D eigenvalue weighted by Crippen LogP contribution is 2.31. The van der Waals surface area contributed by atoms with Crippen molar-refractivity contribution in [3.05, 3.63) is 53.4 Å². The van der Waals surface area contributed by atoms with Crippen molar-refractivity contribution >= 4 is 16.9 Å². The molecule has 4 rings (SSSR count). The molecule has 2 aromatic heterocycles. The van der Waals surface area contributed by atoms with Crippen molar-refractivity contribution in [1.29, 1.82) is 0 Å². The molecule has 1 amide bonds. The molecule has 1 aliphatic rings. The second-order valence-electron chi connectivity index (χ2n) is 6.78. The summed E-state index contributed by atoms with van der Waals surface area (Å²) in [5.74, 6) is 0.646. The first-order chi connectivity index (χ1) is 12.6. The zero-order valence-corrected chi connectivity index (χ0v) is 15.0.